The SMILES string of the molecule is COCCNC(=O)C(C)N[C@H](C)c1ccc(OC)cc1. The molecule has 1 unspecified atom stereocenters. The van der Waals surface area contributed by atoms with Crippen molar-refractivity contribution in [1.82, 2.24) is 10.6 Å². The maximum atomic E-state index is 11.8. The third kappa shape index (κ3) is 5.19. The van der Waals surface area contributed by atoms with Crippen molar-refractivity contribution in [1.29, 1.82) is 0 Å². The number of carbonyl (C=O) groups excluding carboxylic acids is 1. The molecule has 2 atom stereocenters. The summed E-state index contributed by atoms with van der Waals surface area (Å²) in [7, 11) is 3.25. The highest BCUT2D eigenvalue weighted by Gasteiger charge is 2.15. The van der Waals surface area contributed by atoms with Gasteiger partial charge in [0.25, 0.3) is 0 Å². The monoisotopic (exact) mass is 280 g/mol. The molecule has 1 rings (SSSR count). The third-order valence-electron chi connectivity index (χ3n) is 3.11. The van der Waals surface area contributed by atoms with Crippen molar-refractivity contribution < 1.29 is 14.3 Å². The predicted molar refractivity (Wildman–Crippen MR) is 78.9 cm³/mol. The van der Waals surface area contributed by atoms with Gasteiger partial charge in [0.15, 0.2) is 0 Å². The minimum Gasteiger partial charge on any atom is -0.497 e. The molecule has 1 aromatic rings. The van der Waals surface area contributed by atoms with Gasteiger partial charge in [-0.25, -0.2) is 0 Å². The van der Waals surface area contributed by atoms with Gasteiger partial charge < -0.3 is 14.8 Å². The number of benzene rings is 1. The van der Waals surface area contributed by atoms with E-state index in [1.54, 1.807) is 14.2 Å². The highest BCUT2D eigenvalue weighted by atomic mass is 16.5. The lowest BCUT2D eigenvalue weighted by Crippen LogP contribution is -2.44. The summed E-state index contributed by atoms with van der Waals surface area (Å²) >= 11 is 0. The van der Waals surface area contributed by atoms with E-state index in [-0.39, 0.29) is 18.0 Å². The van der Waals surface area contributed by atoms with E-state index in [2.05, 4.69) is 10.6 Å². The van der Waals surface area contributed by atoms with E-state index in [9.17, 15) is 4.79 Å². The van der Waals surface area contributed by atoms with Gasteiger partial charge >= 0.3 is 0 Å². The first-order chi connectivity index (χ1) is 9.58. The van der Waals surface area contributed by atoms with Crippen LogP contribution in [0.2, 0.25) is 0 Å². The molecule has 0 fully saturated rings. The average Bonchev–Trinajstić information content (AvgIpc) is 2.47. The van der Waals surface area contributed by atoms with E-state index in [0.29, 0.717) is 13.2 Å². The summed E-state index contributed by atoms with van der Waals surface area (Å²) in [6.45, 7) is 4.92. The first-order valence-corrected chi connectivity index (χ1v) is 6.75. The van der Waals surface area contributed by atoms with E-state index in [4.69, 9.17) is 9.47 Å². The smallest absolute Gasteiger partial charge is 0.236 e. The topological polar surface area (TPSA) is 59.6 Å². The van der Waals surface area contributed by atoms with Crippen molar-refractivity contribution in [2.75, 3.05) is 27.4 Å². The second kappa shape index (κ2) is 8.55. The van der Waals surface area contributed by atoms with Crippen LogP contribution < -0.4 is 15.4 Å². The Kier molecular flexibility index (Phi) is 7.04. The van der Waals surface area contributed by atoms with Crippen LogP contribution in [-0.2, 0) is 9.53 Å². The number of amides is 1. The Morgan fingerprint density at radius 2 is 1.85 bits per heavy atom. The minimum atomic E-state index is -0.260. The second-order valence-corrected chi connectivity index (χ2v) is 4.67. The molecule has 0 radical (unpaired) electrons. The molecule has 5 nitrogen and oxygen atoms in total. The van der Waals surface area contributed by atoms with Gasteiger partial charge in [-0.15, -0.1) is 0 Å². The molecule has 2 N–H and O–H groups in total. The van der Waals surface area contributed by atoms with E-state index >= 15 is 0 Å². The van der Waals surface area contributed by atoms with Gasteiger partial charge in [-0.05, 0) is 31.5 Å². The molecule has 0 aliphatic rings. The Balaban J connectivity index is 2.47. The van der Waals surface area contributed by atoms with Crippen molar-refractivity contribution >= 4 is 5.91 Å². The molecule has 112 valence electrons. The summed E-state index contributed by atoms with van der Waals surface area (Å²) in [6.07, 6.45) is 0. The van der Waals surface area contributed by atoms with Gasteiger partial charge in [0, 0.05) is 19.7 Å². The fourth-order valence-corrected chi connectivity index (χ4v) is 1.87. The average molecular weight is 280 g/mol. The number of nitrogens with one attached hydrogen (secondary N) is 2. The molecule has 1 aromatic carbocycles. The van der Waals surface area contributed by atoms with Gasteiger partial charge in [0.1, 0.15) is 5.75 Å². The number of rotatable bonds is 8. The van der Waals surface area contributed by atoms with Gasteiger partial charge in [0.2, 0.25) is 5.91 Å². The van der Waals surface area contributed by atoms with Crippen molar-refractivity contribution in [2.24, 2.45) is 0 Å². The normalized spacial score (nSPS) is 13.6. The van der Waals surface area contributed by atoms with Crippen molar-refractivity contribution in [3.8, 4) is 5.75 Å². The molecular formula is C15H24N2O3. The largest absolute Gasteiger partial charge is 0.497 e. The minimum absolute atomic E-state index is 0.0255. The molecule has 5 heteroatoms. The lowest BCUT2D eigenvalue weighted by molar-refractivity contribution is -0.123. The molecule has 1 amide bonds. The van der Waals surface area contributed by atoms with Gasteiger partial charge in [-0.2, -0.15) is 0 Å². The Labute approximate surface area is 120 Å². The van der Waals surface area contributed by atoms with Crippen LogP contribution >= 0.6 is 0 Å². The number of hydrogen-bond acceptors (Lipinski definition) is 4. The lowest BCUT2D eigenvalue weighted by atomic mass is 10.1. The zero-order chi connectivity index (χ0) is 15.0. The summed E-state index contributed by atoms with van der Waals surface area (Å²) in [6, 6.07) is 7.64. The summed E-state index contributed by atoms with van der Waals surface area (Å²) in [5, 5.41) is 6.08. The van der Waals surface area contributed by atoms with Crippen LogP contribution in [0.3, 0.4) is 0 Å². The summed E-state index contributed by atoms with van der Waals surface area (Å²) in [4.78, 5) is 11.8. The Morgan fingerprint density at radius 3 is 2.40 bits per heavy atom. The van der Waals surface area contributed by atoms with Crippen molar-refractivity contribution in [2.45, 2.75) is 25.9 Å². The molecule has 0 aliphatic heterocycles. The molecule has 0 saturated heterocycles. The summed E-state index contributed by atoms with van der Waals surface area (Å²) < 4.78 is 10.0. The van der Waals surface area contributed by atoms with E-state index < -0.39 is 0 Å². The molecule has 0 spiro atoms. The molecule has 0 heterocycles. The van der Waals surface area contributed by atoms with Crippen LogP contribution in [0.5, 0.6) is 5.75 Å². The zero-order valence-corrected chi connectivity index (χ0v) is 12.6. The standard InChI is InChI=1S/C15H24N2O3/c1-11(13-5-7-14(20-4)8-6-13)17-12(2)15(18)16-9-10-19-3/h5-8,11-12,17H,9-10H2,1-4H3,(H,16,18)/t11-,12?/m1/s1. The number of ether oxygens (including phenoxy) is 2. The maximum Gasteiger partial charge on any atom is 0.236 e. The van der Waals surface area contributed by atoms with Crippen LogP contribution in [0.25, 0.3) is 0 Å². The Morgan fingerprint density at radius 1 is 1.20 bits per heavy atom. The second-order valence-electron chi connectivity index (χ2n) is 4.67. The van der Waals surface area contributed by atoms with Crippen molar-refractivity contribution in [3.05, 3.63) is 29.8 Å². The molecule has 20 heavy (non-hydrogen) atoms. The Bertz CT molecular complexity index is 406. The third-order valence-corrected chi connectivity index (χ3v) is 3.11. The predicted octanol–water partition coefficient (Wildman–Crippen LogP) is 1.50. The quantitative estimate of drug-likeness (QED) is 0.708. The maximum absolute atomic E-state index is 11.8. The van der Waals surface area contributed by atoms with E-state index in [1.807, 2.05) is 38.1 Å². The van der Waals surface area contributed by atoms with Crippen LogP contribution in [0, 0.1) is 0 Å². The number of hydrogen-bond donors (Lipinski definition) is 2. The highest BCUT2D eigenvalue weighted by Crippen LogP contribution is 2.17. The zero-order valence-electron chi connectivity index (χ0n) is 12.6. The number of methoxy groups -OCH3 is 2. The first-order valence-electron chi connectivity index (χ1n) is 6.75. The summed E-state index contributed by atoms with van der Waals surface area (Å²) in [5.41, 5.74) is 1.11. The highest BCUT2D eigenvalue weighted by molar-refractivity contribution is 5.81. The van der Waals surface area contributed by atoms with Crippen LogP contribution in [0.1, 0.15) is 25.5 Å². The summed E-state index contributed by atoms with van der Waals surface area (Å²) in [5.74, 6) is 0.800. The van der Waals surface area contributed by atoms with Gasteiger partial charge in [0.05, 0.1) is 19.8 Å². The van der Waals surface area contributed by atoms with Gasteiger partial charge in [-0.1, -0.05) is 12.1 Å². The molecular weight excluding hydrogens is 256 g/mol. The molecule has 0 aliphatic carbocycles. The van der Waals surface area contributed by atoms with Crippen LogP contribution in [-0.4, -0.2) is 39.3 Å². The van der Waals surface area contributed by atoms with E-state index in [1.165, 1.54) is 0 Å². The van der Waals surface area contributed by atoms with Crippen LogP contribution in [0.4, 0.5) is 0 Å². The molecule has 0 aromatic heterocycles. The Hall–Kier alpha value is -1.59. The fourth-order valence-electron chi connectivity index (χ4n) is 1.87. The number of carbonyl (C=O) groups is 1. The first kappa shape index (κ1) is 16.5. The fraction of sp³-hybridized carbons (Fsp3) is 0.533. The molecule has 0 saturated carbocycles. The lowest BCUT2D eigenvalue weighted by Gasteiger charge is -2.20. The van der Waals surface area contributed by atoms with Gasteiger partial charge in [-0.3, -0.25) is 10.1 Å². The van der Waals surface area contributed by atoms with Crippen molar-refractivity contribution in [3.63, 3.8) is 0 Å². The van der Waals surface area contributed by atoms with Crippen LogP contribution in [0.15, 0.2) is 24.3 Å². The molecule has 0 bridgehead atoms. The van der Waals surface area contributed by atoms with E-state index in [0.717, 1.165) is 11.3 Å².